The molecule has 216 valence electrons. The zero-order valence-corrected chi connectivity index (χ0v) is 23.3. The van der Waals surface area contributed by atoms with Gasteiger partial charge in [-0.1, -0.05) is 29.7 Å². The first kappa shape index (κ1) is 29.7. The maximum atomic E-state index is 13.3. The fourth-order valence-corrected chi connectivity index (χ4v) is 5.07. The number of nitrogens with zero attached hydrogens (tertiary/aromatic N) is 3. The summed E-state index contributed by atoms with van der Waals surface area (Å²) in [5.41, 5.74) is -0.145. The molecule has 2 aromatic carbocycles. The number of hydrogen-bond acceptors (Lipinski definition) is 8. The third-order valence-corrected chi connectivity index (χ3v) is 7.47. The number of benzene rings is 2. The maximum absolute atomic E-state index is 13.3. The number of aromatic nitrogens is 2. The molecule has 4 rings (SSSR count). The Morgan fingerprint density at radius 3 is 2.37 bits per heavy atom. The number of carbonyl (C=O) groups is 1. The zero-order chi connectivity index (χ0) is 29.9. The summed E-state index contributed by atoms with van der Waals surface area (Å²) in [4.78, 5) is 18.2. The summed E-state index contributed by atoms with van der Waals surface area (Å²) >= 11 is 6.57. The largest absolute Gasteiger partial charge is 0.496 e. The fourth-order valence-electron chi connectivity index (χ4n) is 3.86. The van der Waals surface area contributed by atoms with Crippen molar-refractivity contribution in [3.05, 3.63) is 71.6 Å². The Bertz CT molecular complexity index is 1660. The van der Waals surface area contributed by atoms with Crippen LogP contribution < -0.4 is 19.1 Å². The monoisotopic (exact) mass is 610 g/mol. The molecular formula is C26H22ClF3N4O6S. The zero-order valence-electron chi connectivity index (χ0n) is 21.7. The van der Waals surface area contributed by atoms with Gasteiger partial charge in [0.1, 0.15) is 28.5 Å². The number of halogens is 4. The Hall–Kier alpha value is -4.30. The Kier molecular flexibility index (Phi) is 8.44. The standard InChI is InChI=1S/C26H22ClF3N4O6S/c1-4-25(35)34(24-8-6-16(14-31-24)41(36,37)33-23-9-10-40-32-23)20-13-19(27)17(12-22(20)39-3)15-5-7-18(26(28,29)30)21(11-15)38-2/h5-14H,4H2,1-3H3,(H,32,33). The van der Waals surface area contributed by atoms with Crippen molar-refractivity contribution in [1.82, 2.24) is 10.1 Å². The number of amides is 1. The second-order valence-electron chi connectivity index (χ2n) is 8.34. The van der Waals surface area contributed by atoms with Gasteiger partial charge in [-0.15, -0.1) is 0 Å². The van der Waals surface area contributed by atoms with E-state index in [0.717, 1.165) is 19.4 Å². The molecular weight excluding hydrogens is 589 g/mol. The second-order valence-corrected chi connectivity index (χ2v) is 10.4. The van der Waals surface area contributed by atoms with E-state index < -0.39 is 33.4 Å². The van der Waals surface area contributed by atoms with E-state index in [4.69, 9.17) is 21.1 Å². The highest BCUT2D eigenvalue weighted by atomic mass is 35.5. The molecule has 0 atom stereocenters. The number of anilines is 3. The van der Waals surface area contributed by atoms with Crippen LogP contribution in [0.25, 0.3) is 11.1 Å². The molecule has 41 heavy (non-hydrogen) atoms. The number of ether oxygens (including phenoxy) is 2. The Morgan fingerprint density at radius 1 is 1.07 bits per heavy atom. The highest BCUT2D eigenvalue weighted by molar-refractivity contribution is 7.92. The van der Waals surface area contributed by atoms with Gasteiger partial charge in [-0.05, 0) is 42.0 Å². The summed E-state index contributed by atoms with van der Waals surface area (Å²) in [5, 5.41) is 3.60. The average molecular weight is 611 g/mol. The Balaban J connectivity index is 1.75. The van der Waals surface area contributed by atoms with Gasteiger partial charge in [-0.3, -0.25) is 14.4 Å². The minimum absolute atomic E-state index is 0.0259. The third kappa shape index (κ3) is 6.23. The van der Waals surface area contributed by atoms with E-state index in [1.54, 1.807) is 6.92 Å². The number of methoxy groups -OCH3 is 2. The number of pyridine rings is 1. The maximum Gasteiger partial charge on any atom is 0.419 e. The predicted molar refractivity (Wildman–Crippen MR) is 144 cm³/mol. The minimum Gasteiger partial charge on any atom is -0.496 e. The number of hydrogen-bond donors (Lipinski definition) is 1. The topological polar surface area (TPSA) is 124 Å². The summed E-state index contributed by atoms with van der Waals surface area (Å²) in [6.07, 6.45) is -2.33. The van der Waals surface area contributed by atoms with Crippen molar-refractivity contribution in [2.45, 2.75) is 24.4 Å². The molecule has 1 amide bonds. The lowest BCUT2D eigenvalue weighted by Gasteiger charge is -2.25. The van der Waals surface area contributed by atoms with E-state index >= 15 is 0 Å². The fraction of sp³-hybridized carbons (Fsp3) is 0.192. The van der Waals surface area contributed by atoms with Crippen molar-refractivity contribution in [2.75, 3.05) is 23.8 Å². The lowest BCUT2D eigenvalue weighted by atomic mass is 10.0. The van der Waals surface area contributed by atoms with Crippen molar-refractivity contribution >= 4 is 44.9 Å². The molecule has 0 saturated heterocycles. The van der Waals surface area contributed by atoms with Crippen molar-refractivity contribution in [3.63, 3.8) is 0 Å². The van der Waals surface area contributed by atoms with Crippen molar-refractivity contribution in [2.24, 2.45) is 0 Å². The average Bonchev–Trinajstić information content (AvgIpc) is 3.45. The SMILES string of the molecule is CCC(=O)N(c1ccc(S(=O)(=O)Nc2ccon2)cn1)c1cc(Cl)c(-c2ccc(C(F)(F)F)c(OC)c2)cc1OC. The Labute approximate surface area is 237 Å². The third-order valence-electron chi connectivity index (χ3n) is 5.82. The van der Waals surface area contributed by atoms with Crippen LogP contribution >= 0.6 is 11.6 Å². The summed E-state index contributed by atoms with van der Waals surface area (Å²) in [7, 11) is -1.58. The first-order valence-electron chi connectivity index (χ1n) is 11.7. The smallest absolute Gasteiger partial charge is 0.419 e. The van der Waals surface area contributed by atoms with Gasteiger partial charge in [0.15, 0.2) is 5.82 Å². The van der Waals surface area contributed by atoms with Crippen LogP contribution in [-0.2, 0) is 21.0 Å². The number of alkyl halides is 3. The quantitative estimate of drug-likeness (QED) is 0.234. The van der Waals surface area contributed by atoms with Crippen LogP contribution in [0.1, 0.15) is 18.9 Å². The van der Waals surface area contributed by atoms with Gasteiger partial charge in [-0.25, -0.2) is 13.4 Å². The first-order valence-corrected chi connectivity index (χ1v) is 13.6. The predicted octanol–water partition coefficient (Wildman–Crippen LogP) is 6.30. The molecule has 1 N–H and O–H groups in total. The van der Waals surface area contributed by atoms with Gasteiger partial charge in [0, 0.05) is 24.2 Å². The molecule has 0 saturated carbocycles. The van der Waals surface area contributed by atoms with E-state index in [2.05, 4.69) is 19.4 Å². The highest BCUT2D eigenvalue weighted by Crippen LogP contribution is 2.44. The van der Waals surface area contributed by atoms with Gasteiger partial charge in [0.2, 0.25) is 5.91 Å². The van der Waals surface area contributed by atoms with E-state index in [-0.39, 0.29) is 39.4 Å². The van der Waals surface area contributed by atoms with Gasteiger partial charge < -0.3 is 14.0 Å². The van der Waals surface area contributed by atoms with Crippen LogP contribution in [0.2, 0.25) is 5.02 Å². The molecule has 15 heteroatoms. The highest BCUT2D eigenvalue weighted by Gasteiger charge is 2.34. The number of nitrogens with one attached hydrogen (secondary N) is 1. The molecule has 2 aromatic heterocycles. The minimum atomic E-state index is -4.62. The van der Waals surface area contributed by atoms with Gasteiger partial charge >= 0.3 is 6.18 Å². The summed E-state index contributed by atoms with van der Waals surface area (Å²) < 4.78 is 82.7. The molecule has 0 aliphatic heterocycles. The van der Waals surface area contributed by atoms with E-state index in [1.165, 1.54) is 60.7 Å². The van der Waals surface area contributed by atoms with Crippen LogP contribution in [0, 0.1) is 0 Å². The molecule has 0 spiro atoms. The second kappa shape index (κ2) is 11.7. The molecule has 0 unspecified atom stereocenters. The van der Waals surface area contributed by atoms with Crippen molar-refractivity contribution in [3.8, 4) is 22.6 Å². The van der Waals surface area contributed by atoms with Crippen LogP contribution in [0.15, 0.2) is 70.4 Å². The first-order chi connectivity index (χ1) is 19.4. The summed E-state index contributed by atoms with van der Waals surface area (Å²) in [6, 6.07) is 10.1. The molecule has 0 bridgehead atoms. The van der Waals surface area contributed by atoms with Crippen molar-refractivity contribution in [1.29, 1.82) is 0 Å². The van der Waals surface area contributed by atoms with Crippen LogP contribution in [-0.4, -0.2) is 38.7 Å². The van der Waals surface area contributed by atoms with Crippen LogP contribution in [0.5, 0.6) is 11.5 Å². The number of sulfonamides is 1. The van der Waals surface area contributed by atoms with Gasteiger partial charge in [-0.2, -0.15) is 13.2 Å². The summed E-state index contributed by atoms with van der Waals surface area (Å²) in [6.45, 7) is 1.62. The van der Waals surface area contributed by atoms with Gasteiger partial charge in [0.05, 0.1) is 30.5 Å². The molecule has 2 heterocycles. The summed E-state index contributed by atoms with van der Waals surface area (Å²) in [5.74, 6) is -0.630. The van der Waals surface area contributed by atoms with Gasteiger partial charge in [0.25, 0.3) is 10.0 Å². The lowest BCUT2D eigenvalue weighted by Crippen LogP contribution is -2.26. The van der Waals surface area contributed by atoms with E-state index in [0.29, 0.717) is 11.1 Å². The van der Waals surface area contributed by atoms with Crippen LogP contribution in [0.3, 0.4) is 0 Å². The lowest BCUT2D eigenvalue weighted by molar-refractivity contribution is -0.138. The molecule has 10 nitrogen and oxygen atoms in total. The van der Waals surface area contributed by atoms with E-state index in [1.807, 2.05) is 0 Å². The van der Waals surface area contributed by atoms with Crippen LogP contribution in [0.4, 0.5) is 30.5 Å². The molecule has 0 radical (unpaired) electrons. The van der Waals surface area contributed by atoms with E-state index in [9.17, 15) is 26.4 Å². The molecule has 0 aliphatic carbocycles. The molecule has 0 aliphatic rings. The molecule has 4 aromatic rings. The normalized spacial score (nSPS) is 11.7. The molecule has 0 fully saturated rings. The van der Waals surface area contributed by atoms with Crippen molar-refractivity contribution < 1.29 is 40.4 Å². The number of rotatable bonds is 9. The Morgan fingerprint density at radius 2 is 1.80 bits per heavy atom. The number of carbonyl (C=O) groups excluding carboxylic acids is 1.